The van der Waals surface area contributed by atoms with Crippen molar-refractivity contribution in [3.63, 3.8) is 0 Å². The lowest BCUT2D eigenvalue weighted by Crippen LogP contribution is -2.22. The van der Waals surface area contributed by atoms with Crippen molar-refractivity contribution in [1.29, 1.82) is 0 Å². The average molecular weight is 304 g/mol. The Balaban J connectivity index is 2.15. The molecule has 0 saturated heterocycles. The molecule has 23 heavy (non-hydrogen) atoms. The summed E-state index contributed by atoms with van der Waals surface area (Å²) in [5, 5.41) is 12.0. The zero-order valence-electron chi connectivity index (χ0n) is 13.5. The lowest BCUT2D eigenvalue weighted by Gasteiger charge is -2.19. The number of fused-ring (bicyclic) bond motifs is 1. The Labute approximate surface area is 135 Å². The number of benzene rings is 2. The SMILES string of the molecule is CC(C)(C)c1ccc(-c2cc(C(=O)[O-])c3ccccc3n2)cc1. The van der Waals surface area contributed by atoms with Crippen LogP contribution in [0.2, 0.25) is 0 Å². The van der Waals surface area contributed by atoms with Gasteiger partial charge in [-0.05, 0) is 23.1 Å². The predicted octanol–water partition coefficient (Wildman–Crippen LogP) is 3.56. The molecule has 0 saturated carbocycles. The molecular weight excluding hydrogens is 286 g/mol. The Kier molecular flexibility index (Phi) is 3.64. The van der Waals surface area contributed by atoms with Crippen molar-refractivity contribution in [3.05, 3.63) is 65.7 Å². The van der Waals surface area contributed by atoms with E-state index in [1.807, 2.05) is 24.3 Å². The van der Waals surface area contributed by atoms with Crippen LogP contribution in [0.1, 0.15) is 36.7 Å². The summed E-state index contributed by atoms with van der Waals surface area (Å²) in [6.45, 7) is 6.47. The molecule has 0 amide bonds. The van der Waals surface area contributed by atoms with Gasteiger partial charge in [-0.25, -0.2) is 4.98 Å². The van der Waals surface area contributed by atoms with Gasteiger partial charge in [0.05, 0.1) is 17.2 Å². The second-order valence-corrected chi connectivity index (χ2v) is 6.69. The van der Waals surface area contributed by atoms with Crippen molar-refractivity contribution < 1.29 is 9.90 Å². The molecule has 0 unspecified atom stereocenters. The maximum absolute atomic E-state index is 11.4. The smallest absolute Gasteiger partial charge is 0.0722 e. The molecule has 0 bridgehead atoms. The molecule has 116 valence electrons. The fourth-order valence-electron chi connectivity index (χ4n) is 2.63. The number of para-hydroxylation sites is 1. The number of nitrogens with zero attached hydrogens (tertiary/aromatic N) is 1. The van der Waals surface area contributed by atoms with Gasteiger partial charge in [0, 0.05) is 16.5 Å². The standard InChI is InChI=1S/C20H19NO2/c1-20(2,3)14-10-8-13(9-11-14)18-12-16(19(22)23)15-6-4-5-7-17(15)21-18/h4-12H,1-3H3,(H,22,23)/p-1. The molecule has 0 atom stereocenters. The van der Waals surface area contributed by atoms with Gasteiger partial charge in [0.2, 0.25) is 0 Å². The van der Waals surface area contributed by atoms with E-state index in [2.05, 4.69) is 37.9 Å². The Morgan fingerprint density at radius 1 is 1.00 bits per heavy atom. The van der Waals surface area contributed by atoms with Gasteiger partial charge < -0.3 is 9.90 Å². The minimum Gasteiger partial charge on any atom is -0.545 e. The predicted molar refractivity (Wildman–Crippen MR) is 90.2 cm³/mol. The third-order valence-electron chi connectivity index (χ3n) is 3.98. The summed E-state index contributed by atoms with van der Waals surface area (Å²) >= 11 is 0. The highest BCUT2D eigenvalue weighted by Crippen LogP contribution is 2.27. The molecule has 3 aromatic rings. The monoisotopic (exact) mass is 304 g/mol. The molecule has 3 nitrogen and oxygen atoms in total. The van der Waals surface area contributed by atoms with Crippen LogP contribution in [0.15, 0.2) is 54.6 Å². The van der Waals surface area contributed by atoms with E-state index in [0.29, 0.717) is 16.6 Å². The third kappa shape index (κ3) is 2.95. The van der Waals surface area contributed by atoms with E-state index in [-0.39, 0.29) is 11.0 Å². The van der Waals surface area contributed by atoms with E-state index in [0.717, 1.165) is 5.56 Å². The number of pyridine rings is 1. The van der Waals surface area contributed by atoms with Gasteiger partial charge in [0.25, 0.3) is 0 Å². The van der Waals surface area contributed by atoms with Crippen LogP contribution >= 0.6 is 0 Å². The fraction of sp³-hybridized carbons (Fsp3) is 0.200. The fourth-order valence-corrected chi connectivity index (χ4v) is 2.63. The summed E-state index contributed by atoms with van der Waals surface area (Å²) in [6.07, 6.45) is 0. The van der Waals surface area contributed by atoms with E-state index in [1.54, 1.807) is 18.2 Å². The van der Waals surface area contributed by atoms with E-state index in [1.165, 1.54) is 5.56 Å². The normalized spacial score (nSPS) is 11.6. The molecule has 0 spiro atoms. The number of hydrogen-bond donors (Lipinski definition) is 0. The molecule has 0 N–H and O–H groups in total. The second-order valence-electron chi connectivity index (χ2n) is 6.69. The maximum Gasteiger partial charge on any atom is 0.0722 e. The summed E-state index contributed by atoms with van der Waals surface area (Å²) < 4.78 is 0. The summed E-state index contributed by atoms with van der Waals surface area (Å²) in [6, 6.07) is 16.9. The molecule has 0 aliphatic rings. The minimum atomic E-state index is -1.18. The second kappa shape index (κ2) is 5.51. The molecular formula is C20H18NO2-. The third-order valence-corrected chi connectivity index (χ3v) is 3.98. The van der Waals surface area contributed by atoms with Gasteiger partial charge in [-0.3, -0.25) is 0 Å². The summed E-state index contributed by atoms with van der Waals surface area (Å²) in [5.41, 5.74) is 3.66. The Morgan fingerprint density at radius 2 is 1.65 bits per heavy atom. The molecule has 3 heteroatoms. The van der Waals surface area contributed by atoms with Crippen LogP contribution in [0.3, 0.4) is 0 Å². The number of carbonyl (C=O) groups is 1. The highest BCUT2D eigenvalue weighted by molar-refractivity contribution is 6.02. The van der Waals surface area contributed by atoms with Crippen LogP contribution in [0.4, 0.5) is 0 Å². The van der Waals surface area contributed by atoms with Crippen LogP contribution in [-0.2, 0) is 5.41 Å². The first-order valence-corrected chi connectivity index (χ1v) is 7.58. The zero-order chi connectivity index (χ0) is 16.6. The first-order chi connectivity index (χ1) is 10.9. The van der Waals surface area contributed by atoms with Gasteiger partial charge in [-0.2, -0.15) is 0 Å². The molecule has 1 heterocycles. The lowest BCUT2D eigenvalue weighted by molar-refractivity contribution is -0.254. The van der Waals surface area contributed by atoms with E-state index >= 15 is 0 Å². The Hall–Kier alpha value is -2.68. The van der Waals surface area contributed by atoms with E-state index in [4.69, 9.17) is 0 Å². The quantitative estimate of drug-likeness (QED) is 0.727. The van der Waals surface area contributed by atoms with Gasteiger partial charge in [-0.15, -0.1) is 0 Å². The minimum absolute atomic E-state index is 0.0749. The number of aromatic carboxylic acids is 1. The molecule has 0 aliphatic carbocycles. The summed E-state index contributed by atoms with van der Waals surface area (Å²) in [4.78, 5) is 16.0. The van der Waals surface area contributed by atoms with Gasteiger partial charge in [0.1, 0.15) is 0 Å². The van der Waals surface area contributed by atoms with Crippen molar-refractivity contribution >= 4 is 16.9 Å². The van der Waals surface area contributed by atoms with E-state index < -0.39 is 5.97 Å². The molecule has 3 rings (SSSR count). The molecule has 0 fully saturated rings. The van der Waals surface area contributed by atoms with Gasteiger partial charge in [0.15, 0.2) is 0 Å². The van der Waals surface area contributed by atoms with Crippen molar-refractivity contribution in [2.75, 3.05) is 0 Å². The van der Waals surface area contributed by atoms with Crippen LogP contribution in [0.25, 0.3) is 22.2 Å². The van der Waals surface area contributed by atoms with Crippen LogP contribution in [0, 0.1) is 0 Å². The maximum atomic E-state index is 11.4. The first kappa shape index (κ1) is 15.2. The molecule has 0 radical (unpaired) electrons. The number of carboxylic acids is 1. The Morgan fingerprint density at radius 3 is 2.26 bits per heavy atom. The summed E-state index contributed by atoms with van der Waals surface area (Å²) in [7, 11) is 0. The van der Waals surface area contributed by atoms with Crippen LogP contribution in [-0.4, -0.2) is 11.0 Å². The number of carbonyl (C=O) groups excluding carboxylic acids is 1. The summed E-state index contributed by atoms with van der Waals surface area (Å²) in [5.74, 6) is -1.18. The lowest BCUT2D eigenvalue weighted by atomic mass is 9.86. The molecule has 2 aromatic carbocycles. The van der Waals surface area contributed by atoms with Crippen molar-refractivity contribution in [2.24, 2.45) is 0 Å². The van der Waals surface area contributed by atoms with Crippen molar-refractivity contribution in [2.45, 2.75) is 26.2 Å². The highest BCUT2D eigenvalue weighted by atomic mass is 16.4. The zero-order valence-corrected chi connectivity index (χ0v) is 13.5. The highest BCUT2D eigenvalue weighted by Gasteiger charge is 2.14. The van der Waals surface area contributed by atoms with Crippen molar-refractivity contribution in [1.82, 2.24) is 4.98 Å². The van der Waals surface area contributed by atoms with Crippen molar-refractivity contribution in [3.8, 4) is 11.3 Å². The van der Waals surface area contributed by atoms with Crippen LogP contribution in [0.5, 0.6) is 0 Å². The van der Waals surface area contributed by atoms with Gasteiger partial charge >= 0.3 is 0 Å². The van der Waals surface area contributed by atoms with Gasteiger partial charge in [-0.1, -0.05) is 63.2 Å². The number of carboxylic acid groups (broad SMARTS) is 1. The Bertz CT molecular complexity index is 874. The topological polar surface area (TPSA) is 53.0 Å². The molecule has 0 aliphatic heterocycles. The largest absolute Gasteiger partial charge is 0.545 e. The van der Waals surface area contributed by atoms with Crippen LogP contribution < -0.4 is 5.11 Å². The number of rotatable bonds is 2. The first-order valence-electron chi connectivity index (χ1n) is 7.58. The number of aromatic nitrogens is 1. The average Bonchev–Trinajstić information content (AvgIpc) is 2.53. The van der Waals surface area contributed by atoms with E-state index in [9.17, 15) is 9.90 Å². The number of hydrogen-bond acceptors (Lipinski definition) is 3. The molecule has 1 aromatic heterocycles.